The quantitative estimate of drug-likeness (QED) is 0.738. The van der Waals surface area contributed by atoms with E-state index in [1.54, 1.807) is 6.07 Å². The third-order valence-corrected chi connectivity index (χ3v) is 3.28. The highest BCUT2D eigenvalue weighted by molar-refractivity contribution is 6.34. The number of piperazine rings is 1. The summed E-state index contributed by atoms with van der Waals surface area (Å²) in [5.74, 6) is -0.310. The zero-order valence-corrected chi connectivity index (χ0v) is 10.7. The first-order chi connectivity index (χ1) is 8.58. The van der Waals surface area contributed by atoms with Crippen LogP contribution in [0, 0.1) is 6.92 Å². The lowest BCUT2D eigenvalue weighted by Crippen LogP contribution is -2.56. The Morgan fingerprint density at radius 2 is 2.28 bits per heavy atom. The molecule has 5 nitrogen and oxygen atoms in total. The number of hydrogen-bond donors (Lipinski definition) is 3. The number of rotatable bonds is 2. The number of nitrogens with one attached hydrogen (secondary N) is 3. The fraction of sp³-hybridized carbons (Fsp3) is 0.333. The van der Waals surface area contributed by atoms with Crippen molar-refractivity contribution in [2.75, 3.05) is 18.4 Å². The van der Waals surface area contributed by atoms with Gasteiger partial charge >= 0.3 is 0 Å². The molecule has 0 bridgehead atoms. The maximum absolute atomic E-state index is 12.0. The Balaban J connectivity index is 2.03. The van der Waals surface area contributed by atoms with E-state index in [2.05, 4.69) is 16.0 Å². The highest BCUT2D eigenvalue weighted by atomic mass is 35.5. The van der Waals surface area contributed by atoms with Crippen LogP contribution in [0.2, 0.25) is 5.02 Å². The molecule has 1 aliphatic heterocycles. The van der Waals surface area contributed by atoms with Crippen LogP contribution in [0.5, 0.6) is 0 Å². The van der Waals surface area contributed by atoms with E-state index in [4.69, 9.17) is 11.6 Å². The molecule has 0 saturated carbocycles. The molecule has 2 rings (SSSR count). The fourth-order valence-electron chi connectivity index (χ4n) is 1.72. The van der Waals surface area contributed by atoms with Crippen molar-refractivity contribution in [3.8, 4) is 0 Å². The Morgan fingerprint density at radius 1 is 1.50 bits per heavy atom. The summed E-state index contributed by atoms with van der Waals surface area (Å²) in [4.78, 5) is 22.9. The number of hydrogen-bond acceptors (Lipinski definition) is 3. The fourth-order valence-corrected chi connectivity index (χ4v) is 1.89. The Hall–Kier alpha value is -1.59. The first-order valence-electron chi connectivity index (χ1n) is 5.64. The Morgan fingerprint density at radius 3 is 2.94 bits per heavy atom. The molecule has 0 aromatic heterocycles. The number of aryl methyl sites for hydroxylation is 1. The van der Waals surface area contributed by atoms with Crippen LogP contribution in [0.25, 0.3) is 0 Å². The van der Waals surface area contributed by atoms with Crippen molar-refractivity contribution in [2.24, 2.45) is 0 Å². The summed E-state index contributed by atoms with van der Waals surface area (Å²) in [6.45, 7) is 2.31. The molecule has 0 aliphatic carbocycles. The van der Waals surface area contributed by atoms with Crippen LogP contribution < -0.4 is 16.0 Å². The molecule has 0 spiro atoms. The zero-order valence-electron chi connectivity index (χ0n) is 9.92. The van der Waals surface area contributed by atoms with E-state index in [1.165, 1.54) is 0 Å². The van der Waals surface area contributed by atoms with E-state index in [0.717, 1.165) is 5.56 Å². The molecule has 1 heterocycles. The van der Waals surface area contributed by atoms with Crippen molar-refractivity contribution >= 4 is 29.1 Å². The van der Waals surface area contributed by atoms with Crippen LogP contribution in [-0.4, -0.2) is 30.9 Å². The molecule has 0 radical (unpaired) electrons. The largest absolute Gasteiger partial charge is 0.353 e. The van der Waals surface area contributed by atoms with E-state index in [1.807, 2.05) is 19.1 Å². The van der Waals surface area contributed by atoms with E-state index < -0.39 is 6.04 Å². The minimum atomic E-state index is -0.431. The highest BCUT2D eigenvalue weighted by Crippen LogP contribution is 2.25. The normalized spacial score (nSPS) is 19.2. The highest BCUT2D eigenvalue weighted by Gasteiger charge is 2.24. The Kier molecular flexibility index (Phi) is 3.84. The van der Waals surface area contributed by atoms with Gasteiger partial charge in [0.1, 0.15) is 6.04 Å². The molecule has 1 unspecified atom stereocenters. The first kappa shape index (κ1) is 12.9. The third kappa shape index (κ3) is 2.80. The van der Waals surface area contributed by atoms with Crippen LogP contribution in [0.4, 0.5) is 5.69 Å². The average molecular weight is 268 g/mol. The molecule has 1 atom stereocenters. The predicted octanol–water partition coefficient (Wildman–Crippen LogP) is 0.675. The zero-order chi connectivity index (χ0) is 13.1. The first-order valence-corrected chi connectivity index (χ1v) is 6.02. The molecule has 3 N–H and O–H groups in total. The summed E-state index contributed by atoms with van der Waals surface area (Å²) < 4.78 is 0. The second-order valence-electron chi connectivity index (χ2n) is 4.16. The van der Waals surface area contributed by atoms with Gasteiger partial charge in [0.2, 0.25) is 11.8 Å². The van der Waals surface area contributed by atoms with Gasteiger partial charge in [-0.1, -0.05) is 23.7 Å². The van der Waals surface area contributed by atoms with Crippen molar-refractivity contribution in [2.45, 2.75) is 13.0 Å². The monoisotopic (exact) mass is 267 g/mol. The number of amides is 2. The number of anilines is 1. The van der Waals surface area contributed by atoms with Gasteiger partial charge in [-0.3, -0.25) is 14.9 Å². The van der Waals surface area contributed by atoms with Gasteiger partial charge in [-0.2, -0.15) is 0 Å². The molecular formula is C12H14ClN3O2. The number of benzene rings is 1. The summed E-state index contributed by atoms with van der Waals surface area (Å²) in [7, 11) is 0. The molecule has 1 saturated heterocycles. The molecule has 1 aromatic rings. The molecule has 96 valence electrons. The van der Waals surface area contributed by atoms with E-state index in [0.29, 0.717) is 10.7 Å². The van der Waals surface area contributed by atoms with Gasteiger partial charge < -0.3 is 10.6 Å². The molecule has 2 amide bonds. The van der Waals surface area contributed by atoms with E-state index in [9.17, 15) is 9.59 Å². The lowest BCUT2D eigenvalue weighted by atomic mass is 10.2. The van der Waals surface area contributed by atoms with Crippen LogP contribution in [-0.2, 0) is 9.59 Å². The van der Waals surface area contributed by atoms with Gasteiger partial charge in [-0.25, -0.2) is 0 Å². The summed E-state index contributed by atoms with van der Waals surface area (Å²) in [5, 5.41) is 8.77. The summed E-state index contributed by atoms with van der Waals surface area (Å²) in [5.41, 5.74) is 1.49. The van der Waals surface area contributed by atoms with E-state index >= 15 is 0 Å². The smallest absolute Gasteiger partial charge is 0.243 e. The molecule has 1 aromatic carbocycles. The predicted molar refractivity (Wildman–Crippen MR) is 69.6 cm³/mol. The minimum absolute atomic E-state index is 0.104. The maximum Gasteiger partial charge on any atom is 0.243 e. The molecular weight excluding hydrogens is 254 g/mol. The van der Waals surface area contributed by atoms with Gasteiger partial charge in [0.25, 0.3) is 0 Å². The van der Waals surface area contributed by atoms with Crippen molar-refractivity contribution < 1.29 is 9.59 Å². The summed E-state index contributed by atoms with van der Waals surface area (Å²) in [6.07, 6.45) is 0. The average Bonchev–Trinajstić information content (AvgIpc) is 2.36. The standard InChI is InChI=1S/C12H14ClN3O2/c1-7-3-2-4-8(11(7)13)16-12(18)9-5-15-10(17)6-14-9/h2-4,9,14H,5-6H2,1H3,(H,15,17)(H,16,18). The van der Waals surface area contributed by atoms with Crippen LogP contribution >= 0.6 is 11.6 Å². The van der Waals surface area contributed by atoms with Gasteiger partial charge in [0.05, 0.1) is 17.3 Å². The van der Waals surface area contributed by atoms with Crippen molar-refractivity contribution in [3.05, 3.63) is 28.8 Å². The van der Waals surface area contributed by atoms with Gasteiger partial charge in [-0.15, -0.1) is 0 Å². The topological polar surface area (TPSA) is 70.2 Å². The van der Waals surface area contributed by atoms with Crippen molar-refractivity contribution in [3.63, 3.8) is 0 Å². The third-order valence-electron chi connectivity index (χ3n) is 2.78. The SMILES string of the molecule is Cc1cccc(NC(=O)C2CNC(=O)CN2)c1Cl. The number of carbonyl (C=O) groups excluding carboxylic acids is 2. The minimum Gasteiger partial charge on any atom is -0.353 e. The van der Waals surface area contributed by atoms with E-state index in [-0.39, 0.29) is 24.9 Å². The number of halogens is 1. The van der Waals surface area contributed by atoms with Crippen molar-refractivity contribution in [1.29, 1.82) is 0 Å². The van der Waals surface area contributed by atoms with Gasteiger partial charge in [-0.05, 0) is 18.6 Å². The molecule has 1 aliphatic rings. The van der Waals surface area contributed by atoms with Crippen LogP contribution in [0.3, 0.4) is 0 Å². The Labute approximate surface area is 110 Å². The maximum atomic E-state index is 12.0. The molecule has 6 heteroatoms. The lowest BCUT2D eigenvalue weighted by molar-refractivity contribution is -0.124. The Bertz CT molecular complexity index is 480. The van der Waals surface area contributed by atoms with Crippen molar-refractivity contribution in [1.82, 2.24) is 10.6 Å². The van der Waals surface area contributed by atoms with Crippen LogP contribution in [0.15, 0.2) is 18.2 Å². The summed E-state index contributed by atoms with van der Waals surface area (Å²) >= 11 is 6.09. The van der Waals surface area contributed by atoms with Crippen LogP contribution in [0.1, 0.15) is 5.56 Å². The second kappa shape index (κ2) is 5.37. The summed E-state index contributed by atoms with van der Waals surface area (Å²) in [6, 6.07) is 5.01. The van der Waals surface area contributed by atoms with Gasteiger partial charge in [0.15, 0.2) is 0 Å². The van der Waals surface area contributed by atoms with Gasteiger partial charge in [0, 0.05) is 6.54 Å². The lowest BCUT2D eigenvalue weighted by Gasteiger charge is -2.23. The second-order valence-corrected chi connectivity index (χ2v) is 4.54. The molecule has 1 fully saturated rings. The number of carbonyl (C=O) groups is 2. The molecule has 18 heavy (non-hydrogen) atoms.